The normalized spacial score (nSPS) is 33.2. The highest BCUT2D eigenvalue weighted by molar-refractivity contribution is 7.99. The minimum absolute atomic E-state index is 0.776. The second-order valence-corrected chi connectivity index (χ2v) is 8.02. The Morgan fingerprint density at radius 2 is 2.11 bits per heavy atom. The van der Waals surface area contributed by atoms with Crippen molar-refractivity contribution in [2.24, 2.45) is 11.8 Å². The van der Waals surface area contributed by atoms with Gasteiger partial charge in [-0.1, -0.05) is 20.3 Å². The van der Waals surface area contributed by atoms with Gasteiger partial charge in [-0.15, -0.1) is 0 Å². The van der Waals surface area contributed by atoms with Crippen LogP contribution in [0.15, 0.2) is 0 Å². The fourth-order valence-corrected chi connectivity index (χ4v) is 4.42. The molecule has 3 atom stereocenters. The summed E-state index contributed by atoms with van der Waals surface area (Å²) in [6.07, 6.45) is 9.48. The summed E-state index contributed by atoms with van der Waals surface area (Å²) in [4.78, 5) is 2.80. The fourth-order valence-electron chi connectivity index (χ4n) is 3.60. The minimum atomic E-state index is 0.776. The largest absolute Gasteiger partial charge is 0.316 e. The van der Waals surface area contributed by atoms with Crippen LogP contribution < -0.4 is 5.32 Å². The van der Waals surface area contributed by atoms with Gasteiger partial charge in [-0.05, 0) is 63.4 Å². The van der Waals surface area contributed by atoms with Gasteiger partial charge in [0.05, 0.1) is 0 Å². The Kier molecular flexibility index (Phi) is 6.51. The number of hydrogen-bond acceptors (Lipinski definition) is 3. The van der Waals surface area contributed by atoms with Crippen molar-refractivity contribution in [1.29, 1.82) is 0 Å². The second-order valence-electron chi connectivity index (χ2n) is 6.88. The first kappa shape index (κ1) is 15.7. The van der Waals surface area contributed by atoms with E-state index in [4.69, 9.17) is 0 Å². The van der Waals surface area contributed by atoms with Crippen molar-refractivity contribution in [2.45, 2.75) is 57.2 Å². The van der Waals surface area contributed by atoms with Crippen LogP contribution >= 0.6 is 11.8 Å². The molecule has 0 aromatic rings. The van der Waals surface area contributed by atoms with E-state index in [1.54, 1.807) is 0 Å². The minimum Gasteiger partial charge on any atom is -0.316 e. The van der Waals surface area contributed by atoms with Crippen molar-refractivity contribution < 1.29 is 0 Å². The Labute approximate surface area is 124 Å². The van der Waals surface area contributed by atoms with Crippen LogP contribution in [0.25, 0.3) is 0 Å². The molecule has 2 fully saturated rings. The Morgan fingerprint density at radius 1 is 1.26 bits per heavy atom. The molecular weight excluding hydrogens is 252 g/mol. The molecule has 1 N–H and O–H groups in total. The van der Waals surface area contributed by atoms with Crippen LogP contribution in [0.5, 0.6) is 0 Å². The molecule has 2 rings (SSSR count). The molecule has 2 aliphatic rings. The molecule has 1 aliphatic carbocycles. The topological polar surface area (TPSA) is 15.3 Å². The Bertz CT molecular complexity index is 257. The van der Waals surface area contributed by atoms with Gasteiger partial charge in [0.2, 0.25) is 0 Å². The average molecular weight is 285 g/mol. The zero-order valence-electron chi connectivity index (χ0n) is 13.0. The summed E-state index contributed by atoms with van der Waals surface area (Å²) in [5.41, 5.74) is 0. The van der Waals surface area contributed by atoms with Crippen LogP contribution in [-0.4, -0.2) is 48.6 Å². The molecule has 3 heteroatoms. The third-order valence-electron chi connectivity index (χ3n) is 4.75. The quantitative estimate of drug-likeness (QED) is 0.806. The second kappa shape index (κ2) is 7.90. The number of rotatable bonds is 6. The maximum absolute atomic E-state index is 3.64. The summed E-state index contributed by atoms with van der Waals surface area (Å²) in [7, 11) is 0. The summed E-state index contributed by atoms with van der Waals surface area (Å²) in [5.74, 6) is 1.67. The molecule has 0 spiro atoms. The molecule has 3 unspecified atom stereocenters. The van der Waals surface area contributed by atoms with Crippen molar-refractivity contribution in [3.8, 4) is 0 Å². The first-order valence-corrected chi connectivity index (χ1v) is 9.45. The monoisotopic (exact) mass is 284 g/mol. The fraction of sp³-hybridized carbons (Fsp3) is 1.00. The van der Waals surface area contributed by atoms with E-state index >= 15 is 0 Å². The maximum atomic E-state index is 3.64. The average Bonchev–Trinajstić information content (AvgIpc) is 2.87. The van der Waals surface area contributed by atoms with Crippen molar-refractivity contribution in [3.05, 3.63) is 0 Å². The molecule has 19 heavy (non-hydrogen) atoms. The van der Waals surface area contributed by atoms with Crippen LogP contribution in [0.4, 0.5) is 0 Å². The number of nitrogens with zero attached hydrogens (tertiary/aromatic N) is 1. The molecule has 1 heterocycles. The zero-order valence-corrected chi connectivity index (χ0v) is 13.8. The third-order valence-corrected chi connectivity index (χ3v) is 5.85. The molecule has 0 bridgehead atoms. The van der Waals surface area contributed by atoms with Gasteiger partial charge in [0.25, 0.3) is 0 Å². The predicted molar refractivity (Wildman–Crippen MR) is 86.9 cm³/mol. The maximum Gasteiger partial charge on any atom is 0.0106 e. The van der Waals surface area contributed by atoms with E-state index in [-0.39, 0.29) is 0 Å². The van der Waals surface area contributed by atoms with Crippen LogP contribution in [-0.2, 0) is 0 Å². The zero-order chi connectivity index (χ0) is 13.7. The number of hydrogen-bond donors (Lipinski definition) is 1. The lowest BCUT2D eigenvalue weighted by molar-refractivity contribution is 0.187. The standard InChI is InChI=1S/C16H32N2S/c1-13(2)10-17-11-14-7-8-18(12-14)15-5-4-6-16(9-15)19-3/h13-17H,4-12H2,1-3H3. The van der Waals surface area contributed by atoms with E-state index < -0.39 is 0 Å². The highest BCUT2D eigenvalue weighted by Crippen LogP contribution is 2.32. The summed E-state index contributed by atoms with van der Waals surface area (Å²) < 4.78 is 0. The Hall–Kier alpha value is 0.270. The highest BCUT2D eigenvalue weighted by atomic mass is 32.2. The Morgan fingerprint density at radius 3 is 2.84 bits per heavy atom. The van der Waals surface area contributed by atoms with Gasteiger partial charge >= 0.3 is 0 Å². The number of nitrogens with one attached hydrogen (secondary N) is 1. The van der Waals surface area contributed by atoms with Gasteiger partial charge < -0.3 is 10.2 Å². The van der Waals surface area contributed by atoms with E-state index in [0.717, 1.165) is 23.1 Å². The van der Waals surface area contributed by atoms with E-state index in [1.165, 1.54) is 58.3 Å². The van der Waals surface area contributed by atoms with E-state index in [2.05, 4.69) is 42.1 Å². The molecule has 1 aliphatic heterocycles. The molecule has 0 radical (unpaired) electrons. The van der Waals surface area contributed by atoms with Gasteiger partial charge in [0.15, 0.2) is 0 Å². The SMILES string of the molecule is CSC1CCCC(N2CCC(CNCC(C)C)C2)C1. The van der Waals surface area contributed by atoms with Crippen molar-refractivity contribution >= 4 is 11.8 Å². The van der Waals surface area contributed by atoms with Crippen LogP contribution in [0.1, 0.15) is 46.0 Å². The molecule has 1 saturated carbocycles. The van der Waals surface area contributed by atoms with Crippen LogP contribution in [0.3, 0.4) is 0 Å². The van der Waals surface area contributed by atoms with Gasteiger partial charge in [0.1, 0.15) is 0 Å². The van der Waals surface area contributed by atoms with Gasteiger partial charge in [0, 0.05) is 17.8 Å². The smallest absolute Gasteiger partial charge is 0.0106 e. The number of likely N-dealkylation sites (tertiary alicyclic amines) is 1. The van der Waals surface area contributed by atoms with Crippen molar-refractivity contribution in [2.75, 3.05) is 32.4 Å². The van der Waals surface area contributed by atoms with E-state index in [0.29, 0.717) is 0 Å². The summed E-state index contributed by atoms with van der Waals surface area (Å²) in [6.45, 7) is 9.68. The third kappa shape index (κ3) is 4.95. The lowest BCUT2D eigenvalue weighted by atomic mass is 9.94. The summed E-state index contributed by atoms with van der Waals surface area (Å²) in [6, 6.07) is 0.890. The molecule has 0 aromatic heterocycles. The summed E-state index contributed by atoms with van der Waals surface area (Å²) in [5, 5.41) is 4.57. The van der Waals surface area contributed by atoms with E-state index in [1.807, 2.05) is 0 Å². The van der Waals surface area contributed by atoms with Crippen LogP contribution in [0.2, 0.25) is 0 Å². The van der Waals surface area contributed by atoms with Crippen molar-refractivity contribution in [3.63, 3.8) is 0 Å². The molecule has 1 saturated heterocycles. The highest BCUT2D eigenvalue weighted by Gasteiger charge is 2.31. The first-order chi connectivity index (χ1) is 9.19. The molecule has 112 valence electrons. The first-order valence-electron chi connectivity index (χ1n) is 8.16. The van der Waals surface area contributed by atoms with Crippen molar-refractivity contribution in [1.82, 2.24) is 10.2 Å². The predicted octanol–water partition coefficient (Wildman–Crippen LogP) is 3.23. The van der Waals surface area contributed by atoms with Crippen LogP contribution in [0, 0.1) is 11.8 Å². The van der Waals surface area contributed by atoms with E-state index in [9.17, 15) is 0 Å². The molecule has 0 amide bonds. The molecule has 0 aromatic carbocycles. The molecule has 2 nitrogen and oxygen atoms in total. The van der Waals surface area contributed by atoms with Gasteiger partial charge in [-0.2, -0.15) is 11.8 Å². The molecular formula is C16H32N2S. The Balaban J connectivity index is 1.69. The lowest BCUT2D eigenvalue weighted by Gasteiger charge is -2.34. The van der Waals surface area contributed by atoms with Gasteiger partial charge in [-0.3, -0.25) is 0 Å². The summed E-state index contributed by atoms with van der Waals surface area (Å²) >= 11 is 2.09. The lowest BCUT2D eigenvalue weighted by Crippen LogP contribution is -2.38. The van der Waals surface area contributed by atoms with Gasteiger partial charge in [-0.25, -0.2) is 0 Å². The number of thioether (sulfide) groups is 1.